The van der Waals surface area contributed by atoms with Gasteiger partial charge in [0.25, 0.3) is 0 Å². The molecule has 1 atom stereocenters. The molecule has 0 saturated heterocycles. The molecule has 2 heterocycles. The van der Waals surface area contributed by atoms with Crippen LogP contribution in [0.15, 0.2) is 38.9 Å². The third-order valence-corrected chi connectivity index (χ3v) is 4.31. The molecule has 2 nitrogen and oxygen atoms in total. The molecule has 4 heteroatoms. The molecule has 0 amide bonds. The van der Waals surface area contributed by atoms with Gasteiger partial charge in [-0.05, 0) is 52.8 Å². The normalized spacial score (nSPS) is 12.8. The van der Waals surface area contributed by atoms with Gasteiger partial charge in [0.1, 0.15) is 0 Å². The average molecular weight is 314 g/mol. The van der Waals surface area contributed by atoms with Crippen LogP contribution in [0.2, 0.25) is 0 Å². The molecule has 0 aliphatic carbocycles. The molecule has 2 aromatic rings. The molecule has 0 radical (unpaired) electrons. The van der Waals surface area contributed by atoms with E-state index in [1.165, 1.54) is 10.4 Å². The van der Waals surface area contributed by atoms with E-state index in [1.54, 1.807) is 6.26 Å². The van der Waals surface area contributed by atoms with Gasteiger partial charge in [0, 0.05) is 16.5 Å². The van der Waals surface area contributed by atoms with Gasteiger partial charge in [-0.2, -0.15) is 0 Å². The van der Waals surface area contributed by atoms with E-state index in [0.29, 0.717) is 6.04 Å². The van der Waals surface area contributed by atoms with Gasteiger partial charge in [0.05, 0.1) is 6.26 Å². The van der Waals surface area contributed by atoms with E-state index >= 15 is 0 Å². The van der Waals surface area contributed by atoms with Gasteiger partial charge in [0.2, 0.25) is 0 Å². The molecule has 0 aromatic carbocycles. The van der Waals surface area contributed by atoms with Gasteiger partial charge in [-0.1, -0.05) is 13.0 Å². The van der Waals surface area contributed by atoms with Gasteiger partial charge in [0.15, 0.2) is 4.67 Å². The minimum Gasteiger partial charge on any atom is -0.457 e. The Kier molecular flexibility index (Phi) is 4.83. The summed E-state index contributed by atoms with van der Waals surface area (Å²) in [5, 5.41) is 5.63. The standard InChI is InChI=1S/C13H16BrNOS/c1-2-15-12(11-7-8-16-13(11)14)6-5-10-4-3-9-17-10/h3-4,7-9,12,15H,2,5-6H2,1H3. The molecule has 92 valence electrons. The smallest absolute Gasteiger partial charge is 0.173 e. The van der Waals surface area contributed by atoms with Crippen LogP contribution in [-0.4, -0.2) is 6.54 Å². The Balaban J connectivity index is 2.00. The first kappa shape index (κ1) is 12.9. The number of hydrogen-bond acceptors (Lipinski definition) is 3. The van der Waals surface area contributed by atoms with Gasteiger partial charge in [-0.25, -0.2) is 0 Å². The number of nitrogens with one attached hydrogen (secondary N) is 1. The Bertz CT molecular complexity index is 438. The Hall–Kier alpha value is -0.580. The molecule has 0 fully saturated rings. The first-order valence-electron chi connectivity index (χ1n) is 5.80. The Morgan fingerprint density at radius 3 is 2.94 bits per heavy atom. The van der Waals surface area contributed by atoms with Crippen LogP contribution >= 0.6 is 27.3 Å². The first-order valence-corrected chi connectivity index (χ1v) is 7.47. The van der Waals surface area contributed by atoms with Crippen molar-refractivity contribution >= 4 is 27.3 Å². The predicted molar refractivity (Wildman–Crippen MR) is 75.5 cm³/mol. The van der Waals surface area contributed by atoms with Crippen molar-refractivity contribution < 1.29 is 4.42 Å². The van der Waals surface area contributed by atoms with Crippen molar-refractivity contribution in [2.24, 2.45) is 0 Å². The van der Waals surface area contributed by atoms with E-state index < -0.39 is 0 Å². The zero-order chi connectivity index (χ0) is 12.1. The number of thiophene rings is 1. The third-order valence-electron chi connectivity index (χ3n) is 2.73. The quantitative estimate of drug-likeness (QED) is 0.855. The van der Waals surface area contributed by atoms with Gasteiger partial charge in [-0.3, -0.25) is 0 Å². The van der Waals surface area contributed by atoms with Crippen LogP contribution < -0.4 is 5.32 Å². The second kappa shape index (κ2) is 6.38. The number of aryl methyl sites for hydroxylation is 1. The molecular formula is C13H16BrNOS. The van der Waals surface area contributed by atoms with Crippen LogP contribution in [0.5, 0.6) is 0 Å². The number of hydrogen-bond donors (Lipinski definition) is 1. The van der Waals surface area contributed by atoms with Crippen molar-refractivity contribution in [2.45, 2.75) is 25.8 Å². The van der Waals surface area contributed by atoms with Gasteiger partial charge >= 0.3 is 0 Å². The third kappa shape index (κ3) is 3.44. The Morgan fingerprint density at radius 1 is 1.47 bits per heavy atom. The van der Waals surface area contributed by atoms with Crippen LogP contribution in [0, 0.1) is 0 Å². The van der Waals surface area contributed by atoms with E-state index in [0.717, 1.165) is 24.1 Å². The summed E-state index contributed by atoms with van der Waals surface area (Å²) in [5.41, 5.74) is 1.21. The molecule has 2 rings (SSSR count). The highest BCUT2D eigenvalue weighted by atomic mass is 79.9. The molecule has 0 spiro atoms. The molecular weight excluding hydrogens is 298 g/mol. The van der Waals surface area contributed by atoms with Gasteiger partial charge < -0.3 is 9.73 Å². The van der Waals surface area contributed by atoms with Crippen molar-refractivity contribution in [3.05, 3.63) is 45.0 Å². The lowest BCUT2D eigenvalue weighted by atomic mass is 10.0. The van der Waals surface area contributed by atoms with E-state index in [2.05, 4.69) is 45.7 Å². The predicted octanol–water partition coefficient (Wildman–Crippen LogP) is 4.39. The molecule has 2 aromatic heterocycles. The van der Waals surface area contributed by atoms with E-state index in [-0.39, 0.29) is 0 Å². The lowest BCUT2D eigenvalue weighted by Gasteiger charge is -2.16. The summed E-state index contributed by atoms with van der Waals surface area (Å²) in [6.45, 7) is 3.10. The summed E-state index contributed by atoms with van der Waals surface area (Å²) in [7, 11) is 0. The maximum atomic E-state index is 5.31. The first-order chi connectivity index (χ1) is 8.31. The Labute approximate surface area is 114 Å². The number of rotatable bonds is 6. The van der Waals surface area contributed by atoms with E-state index in [4.69, 9.17) is 4.42 Å². The zero-order valence-corrected chi connectivity index (χ0v) is 12.2. The van der Waals surface area contributed by atoms with Crippen molar-refractivity contribution in [2.75, 3.05) is 6.54 Å². The molecule has 0 bridgehead atoms. The molecule has 0 saturated carbocycles. The van der Waals surface area contributed by atoms with Crippen molar-refractivity contribution in [1.29, 1.82) is 0 Å². The lowest BCUT2D eigenvalue weighted by Crippen LogP contribution is -2.21. The molecule has 0 aliphatic rings. The molecule has 17 heavy (non-hydrogen) atoms. The fraction of sp³-hybridized carbons (Fsp3) is 0.385. The minimum atomic E-state index is 0.357. The van der Waals surface area contributed by atoms with Crippen LogP contribution in [0.3, 0.4) is 0 Å². The highest BCUT2D eigenvalue weighted by molar-refractivity contribution is 9.10. The molecule has 0 aliphatic heterocycles. The monoisotopic (exact) mass is 313 g/mol. The summed E-state index contributed by atoms with van der Waals surface area (Å²) in [4.78, 5) is 1.44. The molecule has 1 N–H and O–H groups in total. The van der Waals surface area contributed by atoms with Crippen molar-refractivity contribution in [1.82, 2.24) is 5.32 Å². The minimum absolute atomic E-state index is 0.357. The SMILES string of the molecule is CCNC(CCc1cccs1)c1ccoc1Br. The van der Waals surface area contributed by atoms with Crippen molar-refractivity contribution in [3.63, 3.8) is 0 Å². The van der Waals surface area contributed by atoms with Crippen molar-refractivity contribution in [3.8, 4) is 0 Å². The maximum absolute atomic E-state index is 5.31. The van der Waals surface area contributed by atoms with E-state index in [1.807, 2.05) is 17.4 Å². The highest BCUT2D eigenvalue weighted by Crippen LogP contribution is 2.28. The largest absolute Gasteiger partial charge is 0.457 e. The summed E-state index contributed by atoms with van der Waals surface area (Å²) >= 11 is 5.27. The summed E-state index contributed by atoms with van der Waals surface area (Å²) in [6, 6.07) is 6.69. The topological polar surface area (TPSA) is 25.2 Å². The summed E-state index contributed by atoms with van der Waals surface area (Å²) in [6.07, 6.45) is 3.92. The maximum Gasteiger partial charge on any atom is 0.173 e. The van der Waals surface area contributed by atoms with Crippen LogP contribution in [-0.2, 0) is 6.42 Å². The summed E-state index contributed by atoms with van der Waals surface area (Å²) in [5.74, 6) is 0. The fourth-order valence-corrected chi connectivity index (χ4v) is 3.15. The summed E-state index contributed by atoms with van der Waals surface area (Å²) < 4.78 is 6.15. The second-order valence-corrected chi connectivity index (χ2v) is 5.63. The average Bonchev–Trinajstić information content (AvgIpc) is 2.95. The second-order valence-electron chi connectivity index (χ2n) is 3.88. The van der Waals surface area contributed by atoms with E-state index in [9.17, 15) is 0 Å². The van der Waals surface area contributed by atoms with Crippen LogP contribution in [0.4, 0.5) is 0 Å². The van der Waals surface area contributed by atoms with Crippen LogP contribution in [0.25, 0.3) is 0 Å². The van der Waals surface area contributed by atoms with Gasteiger partial charge in [-0.15, -0.1) is 11.3 Å². The number of furan rings is 1. The number of halogens is 1. The lowest BCUT2D eigenvalue weighted by molar-refractivity contribution is 0.490. The Morgan fingerprint density at radius 2 is 2.35 bits per heavy atom. The van der Waals surface area contributed by atoms with Crippen LogP contribution in [0.1, 0.15) is 29.8 Å². The molecule has 1 unspecified atom stereocenters. The fourth-order valence-electron chi connectivity index (χ4n) is 1.91. The zero-order valence-electron chi connectivity index (χ0n) is 9.78. The highest BCUT2D eigenvalue weighted by Gasteiger charge is 2.15.